The summed E-state index contributed by atoms with van der Waals surface area (Å²) in [6.07, 6.45) is -0.158. The van der Waals surface area contributed by atoms with Gasteiger partial charge in [0.2, 0.25) is 59.1 Å². The Balaban J connectivity index is 2.27. The third-order valence-corrected chi connectivity index (χ3v) is 13.4. The van der Waals surface area contributed by atoms with Gasteiger partial charge >= 0.3 is 5.97 Å². The van der Waals surface area contributed by atoms with E-state index in [0.29, 0.717) is 18.4 Å². The number of likely N-dealkylation sites (tertiary alicyclic amines) is 1. The molecule has 27 heteroatoms. The SMILES string of the molecule is CC[C@H](C)[C@H](NC(=O)[C@H](Cc1ccc(O)cc1)NC(=O)[C@@H](N)CSSC[C@H](NC(=O)[C@@H](N)CC(N)=O)C(=O)N1CCC[C@H]1C(=O)N[C@@H](CC(C)C)C(=O)NCC(N)=O)C(=O)N[C@@H](CCC(N)=O)C(=O)O. The zero-order chi connectivity index (χ0) is 52.8. The number of hydrogen-bond acceptors (Lipinski definition) is 16. The summed E-state index contributed by atoms with van der Waals surface area (Å²) in [5.41, 5.74) is 28.2. The van der Waals surface area contributed by atoms with Gasteiger partial charge in [0, 0.05) is 30.9 Å². The summed E-state index contributed by atoms with van der Waals surface area (Å²) in [6, 6.07) is -4.57. The monoisotopic (exact) mass is 1020 g/mol. The van der Waals surface area contributed by atoms with E-state index in [-0.39, 0.29) is 61.8 Å². The molecule has 0 saturated carbocycles. The van der Waals surface area contributed by atoms with E-state index < -0.39 is 132 Å². The van der Waals surface area contributed by atoms with Crippen LogP contribution in [0.1, 0.15) is 78.2 Å². The van der Waals surface area contributed by atoms with Crippen molar-refractivity contribution in [1.29, 1.82) is 0 Å². The van der Waals surface area contributed by atoms with Gasteiger partial charge in [0.1, 0.15) is 42.0 Å². The molecule has 0 spiro atoms. The van der Waals surface area contributed by atoms with E-state index in [0.717, 1.165) is 21.6 Å². The van der Waals surface area contributed by atoms with Crippen LogP contribution in [0.4, 0.5) is 0 Å². The van der Waals surface area contributed by atoms with Gasteiger partial charge in [-0.15, -0.1) is 0 Å². The Bertz CT molecular complexity index is 2030. The van der Waals surface area contributed by atoms with Gasteiger partial charge in [0.25, 0.3) is 0 Å². The number of benzene rings is 1. The minimum atomic E-state index is -1.50. The number of carboxylic acid groups (broad SMARTS) is 1. The number of aliphatic carboxylic acids is 1. The van der Waals surface area contributed by atoms with Gasteiger partial charge in [-0.3, -0.25) is 47.9 Å². The summed E-state index contributed by atoms with van der Waals surface area (Å²) in [7, 11) is 2.03. The van der Waals surface area contributed by atoms with E-state index >= 15 is 0 Å². The van der Waals surface area contributed by atoms with Crippen molar-refractivity contribution in [3.63, 3.8) is 0 Å². The number of carbonyl (C=O) groups is 11. The summed E-state index contributed by atoms with van der Waals surface area (Å²) in [6.45, 7) is 6.67. The number of hydrogen-bond donors (Lipinski definition) is 13. The molecule has 0 aliphatic carbocycles. The van der Waals surface area contributed by atoms with Gasteiger partial charge in [0.05, 0.1) is 25.0 Å². The number of carboxylic acids is 1. The lowest BCUT2D eigenvalue weighted by atomic mass is 9.96. The molecular weight excluding hydrogens is 957 g/mol. The van der Waals surface area contributed by atoms with Crippen molar-refractivity contribution in [1.82, 2.24) is 36.8 Å². The maximum atomic E-state index is 14.2. The molecule has 18 N–H and O–H groups in total. The van der Waals surface area contributed by atoms with Crippen molar-refractivity contribution in [3.8, 4) is 5.75 Å². The summed E-state index contributed by atoms with van der Waals surface area (Å²) in [5.74, 6) is -10.2. The van der Waals surface area contributed by atoms with Gasteiger partial charge in [-0.05, 0) is 55.2 Å². The summed E-state index contributed by atoms with van der Waals surface area (Å²) in [5, 5.41) is 34.6. The highest BCUT2D eigenvalue weighted by atomic mass is 33.1. The Hall–Kier alpha value is -6.19. The molecule has 2 rings (SSSR count). The fraction of sp³-hybridized carbons (Fsp3) is 0.605. The molecule has 1 aromatic carbocycles. The molecule has 0 bridgehead atoms. The summed E-state index contributed by atoms with van der Waals surface area (Å²) < 4.78 is 0. The molecule has 70 heavy (non-hydrogen) atoms. The average Bonchev–Trinajstić information content (AvgIpc) is 3.79. The zero-order valence-electron chi connectivity index (χ0n) is 39.6. The lowest BCUT2D eigenvalue weighted by molar-refractivity contribution is -0.143. The van der Waals surface area contributed by atoms with Gasteiger partial charge < -0.3 is 75.7 Å². The van der Waals surface area contributed by atoms with Crippen LogP contribution in [0, 0.1) is 11.8 Å². The Labute approximate surface area is 413 Å². The predicted molar refractivity (Wildman–Crippen MR) is 258 cm³/mol. The second kappa shape index (κ2) is 29.8. The minimum absolute atomic E-state index is 0.0628. The number of nitrogens with one attached hydrogen (secondary N) is 6. The fourth-order valence-corrected chi connectivity index (χ4v) is 9.24. The van der Waals surface area contributed by atoms with Gasteiger partial charge in [-0.2, -0.15) is 0 Å². The second-order valence-electron chi connectivity index (χ2n) is 17.3. The molecule has 9 atom stereocenters. The van der Waals surface area contributed by atoms with Crippen molar-refractivity contribution in [2.24, 2.45) is 40.5 Å². The number of nitrogens with zero attached hydrogens (tertiary/aromatic N) is 1. The normalized spacial score (nSPS) is 16.7. The van der Waals surface area contributed by atoms with Crippen LogP contribution in [0.25, 0.3) is 0 Å². The number of phenolic OH excluding ortho intramolecular Hbond substituents is 1. The van der Waals surface area contributed by atoms with Crippen molar-refractivity contribution in [2.75, 3.05) is 24.6 Å². The lowest BCUT2D eigenvalue weighted by Gasteiger charge is -2.30. The summed E-state index contributed by atoms with van der Waals surface area (Å²) >= 11 is 0. The number of rotatable bonds is 31. The minimum Gasteiger partial charge on any atom is -0.508 e. The van der Waals surface area contributed by atoms with E-state index in [1.54, 1.807) is 13.8 Å². The molecule has 1 saturated heterocycles. The van der Waals surface area contributed by atoms with Crippen LogP contribution in [-0.4, -0.2) is 153 Å². The maximum Gasteiger partial charge on any atom is 0.326 e. The largest absolute Gasteiger partial charge is 0.508 e. The van der Waals surface area contributed by atoms with E-state index in [9.17, 15) is 63.0 Å². The van der Waals surface area contributed by atoms with E-state index in [2.05, 4.69) is 31.9 Å². The van der Waals surface area contributed by atoms with E-state index in [4.69, 9.17) is 28.7 Å². The number of nitrogens with two attached hydrogens (primary N) is 5. The Morgan fingerprint density at radius 2 is 1.31 bits per heavy atom. The van der Waals surface area contributed by atoms with Crippen molar-refractivity contribution < 1.29 is 63.0 Å². The molecule has 1 fully saturated rings. The van der Waals surface area contributed by atoms with Crippen LogP contribution < -0.4 is 60.6 Å². The van der Waals surface area contributed by atoms with Gasteiger partial charge in [0.15, 0.2) is 0 Å². The number of phenols is 1. The highest BCUT2D eigenvalue weighted by Gasteiger charge is 2.40. The molecule has 0 radical (unpaired) electrons. The van der Waals surface area contributed by atoms with Crippen LogP contribution in [-0.2, 0) is 59.2 Å². The average molecular weight is 1030 g/mol. The standard InChI is InChI=1S/C43H68N12O13S2/c1-5-22(4)35(41(65)50-27(43(67)68)12-13-32(46)57)54-39(63)29(16-23-8-10-24(56)11-9-23)51-37(61)26(45)19-69-70-20-30(53-36(60)25(44)17-33(47)58)42(66)55-14-6-7-31(55)40(64)52-28(15-21(2)3)38(62)49-18-34(48)59/h8-11,21-22,25-31,35,56H,5-7,12-20,44-45H2,1-4H3,(H2,46,57)(H2,47,58)(H2,48,59)(H,49,62)(H,50,65)(H,51,61)(H,52,64)(H,53,60)(H,54,63)(H,67,68)/t22-,25-,26-,27-,28-,29-,30-,31-,35-/m0/s1. The highest BCUT2D eigenvalue weighted by Crippen LogP contribution is 2.26. The topological polar surface area (TPSA) is 434 Å². The molecule has 25 nitrogen and oxygen atoms in total. The van der Waals surface area contributed by atoms with E-state index in [1.165, 1.54) is 29.2 Å². The first-order valence-electron chi connectivity index (χ1n) is 22.6. The molecule has 0 aromatic heterocycles. The molecule has 1 heterocycles. The molecule has 10 amide bonds. The number of carbonyl (C=O) groups excluding carboxylic acids is 10. The molecule has 1 aliphatic rings. The van der Waals surface area contributed by atoms with E-state index in [1.807, 2.05) is 13.8 Å². The first-order valence-corrected chi connectivity index (χ1v) is 25.0. The molecule has 1 aliphatic heterocycles. The van der Waals surface area contributed by atoms with Gasteiger partial charge in [-0.25, -0.2) is 4.79 Å². The van der Waals surface area contributed by atoms with Crippen molar-refractivity contribution >= 4 is 86.6 Å². The highest BCUT2D eigenvalue weighted by molar-refractivity contribution is 8.76. The molecule has 390 valence electrons. The van der Waals surface area contributed by atoms with Crippen LogP contribution >= 0.6 is 21.6 Å². The first-order chi connectivity index (χ1) is 32.8. The molecule has 0 unspecified atom stereocenters. The number of aromatic hydroxyl groups is 1. The van der Waals surface area contributed by atoms with Crippen molar-refractivity contribution in [2.45, 2.75) is 127 Å². The Morgan fingerprint density at radius 3 is 1.89 bits per heavy atom. The second-order valence-corrected chi connectivity index (χ2v) is 19.8. The quantitative estimate of drug-likeness (QED) is 0.0251. The molecule has 1 aromatic rings. The predicted octanol–water partition coefficient (Wildman–Crippen LogP) is -3.70. The number of primary amides is 3. The maximum absolute atomic E-state index is 14.2. The van der Waals surface area contributed by atoms with Crippen LogP contribution in [0.3, 0.4) is 0 Å². The first kappa shape index (κ1) is 59.9. The third kappa shape index (κ3) is 20.8. The zero-order valence-corrected chi connectivity index (χ0v) is 41.2. The Kier molecular flexibility index (Phi) is 25.5. The third-order valence-electron chi connectivity index (χ3n) is 11.0. The van der Waals surface area contributed by atoms with Crippen LogP contribution in [0.15, 0.2) is 24.3 Å². The lowest BCUT2D eigenvalue weighted by Crippen LogP contribution is -2.59. The fourth-order valence-electron chi connectivity index (χ4n) is 6.96. The summed E-state index contributed by atoms with van der Waals surface area (Å²) in [4.78, 5) is 142. The Morgan fingerprint density at radius 1 is 0.714 bits per heavy atom. The van der Waals surface area contributed by atoms with Crippen LogP contribution in [0.2, 0.25) is 0 Å². The smallest absolute Gasteiger partial charge is 0.326 e. The molecular formula is C43H68N12O13S2. The van der Waals surface area contributed by atoms with Gasteiger partial charge in [-0.1, -0.05) is 67.8 Å². The number of amides is 10. The van der Waals surface area contributed by atoms with Crippen LogP contribution in [0.5, 0.6) is 5.75 Å². The van der Waals surface area contributed by atoms with Crippen molar-refractivity contribution in [3.05, 3.63) is 29.8 Å².